The van der Waals surface area contributed by atoms with E-state index in [2.05, 4.69) is 0 Å². The predicted molar refractivity (Wildman–Crippen MR) is 325 cm³/mol. The van der Waals surface area contributed by atoms with E-state index in [0.717, 1.165) is 124 Å². The zero-order chi connectivity index (χ0) is 59.9. The molecule has 24 aliphatic rings. The summed E-state index contributed by atoms with van der Waals surface area (Å²) < 4.78 is 31.6. The molecule has 0 aromatic rings. The van der Waals surface area contributed by atoms with E-state index in [9.17, 15) is 19.8 Å². The van der Waals surface area contributed by atoms with Crippen molar-refractivity contribution in [1.82, 2.24) is 0 Å². The summed E-state index contributed by atoms with van der Waals surface area (Å²) in [5, 5.41) is 20.4. The van der Waals surface area contributed by atoms with E-state index in [1.165, 1.54) is 128 Å². The van der Waals surface area contributed by atoms with Gasteiger partial charge in [-0.3, -0.25) is 9.59 Å². The Bertz CT molecular complexity index is 2510. The summed E-state index contributed by atoms with van der Waals surface area (Å²) in [5.74, 6) is 7.55. The number of hydrogen-bond donors (Lipinski definition) is 2. The van der Waals surface area contributed by atoms with E-state index in [4.69, 9.17) is 62.8 Å². The van der Waals surface area contributed by atoms with Crippen LogP contribution in [0.1, 0.15) is 259 Å². The van der Waals surface area contributed by atoms with Gasteiger partial charge in [0.2, 0.25) is 46.3 Å². The van der Waals surface area contributed by atoms with E-state index in [0.29, 0.717) is 91.3 Å². The summed E-state index contributed by atoms with van der Waals surface area (Å²) in [6, 6.07) is 0. The molecule has 0 aromatic carbocycles. The van der Waals surface area contributed by atoms with Crippen molar-refractivity contribution in [3.05, 3.63) is 14.9 Å². The maximum atomic E-state index is 12.0. The topological polar surface area (TPSA) is 195 Å². The number of hydrogen-bond acceptors (Lipinski definition) is 17. The number of Topliss-reactive ketones (excluding diaryl/α,β-unsaturated/α-hetero) is 1. The molecule has 4 saturated heterocycles. The Morgan fingerprint density at radius 1 is 0.424 bits per heavy atom. The van der Waals surface area contributed by atoms with Gasteiger partial charge in [-0.1, -0.05) is 0 Å². The van der Waals surface area contributed by atoms with Crippen molar-refractivity contribution in [3.8, 4) is 0 Å². The van der Waals surface area contributed by atoms with Gasteiger partial charge in [0.15, 0.2) is 0 Å². The molecule has 0 unspecified atom stereocenters. The van der Waals surface area contributed by atoms with Crippen LogP contribution in [0.3, 0.4) is 0 Å². The Morgan fingerprint density at radius 2 is 0.685 bits per heavy atom. The summed E-state index contributed by atoms with van der Waals surface area (Å²) in [4.78, 5) is 70.7. The second-order valence-corrected chi connectivity index (χ2v) is 34.8. The molecular weight excluding hydrogens is 1160 g/mol. The molecule has 2 N–H and O–H groups in total. The van der Waals surface area contributed by atoms with Crippen LogP contribution >= 0.6 is 0 Å². The summed E-state index contributed by atoms with van der Waals surface area (Å²) in [7, 11) is 0. The van der Waals surface area contributed by atoms with Crippen LogP contribution in [0.4, 0.5) is 0 Å². The van der Waals surface area contributed by atoms with Gasteiger partial charge in [-0.2, -0.15) is 39.1 Å². The van der Waals surface area contributed by atoms with Crippen LogP contribution in [0.15, 0.2) is 0 Å². The van der Waals surface area contributed by atoms with Crippen molar-refractivity contribution >= 4 is 11.8 Å². The Morgan fingerprint density at radius 3 is 0.957 bits per heavy atom. The molecule has 16 bridgehead atoms. The van der Waals surface area contributed by atoms with Gasteiger partial charge in [-0.25, -0.2) is 0 Å². The SMILES string of the molecule is CC(C)(O)C1CCC2(CC1)OOC1(O2)C2CC3CC(C2)CC1C3.CC1(O)CCC2(CC1)OOC1(O2)C2CC3CC(C2)CC1C3.CCOC(=O)C1CCC2(CC1)OOC1(O2)C2CC3CC(C2)CC1C3.O=C1CCC2(CC1)OOC1(O2)C2CC3CC(C2)CC1C3.[CH3-].[CH3-].[Li+].[Li+]. The molecular formula is C73H112Li2O17. The van der Waals surface area contributed by atoms with Gasteiger partial charge in [0.1, 0.15) is 5.78 Å². The fraction of sp³-hybridized carbons (Fsp3) is 0.945. The average Bonchev–Trinajstić information content (AvgIpc) is 1.52. The molecule has 4 heterocycles. The normalized spacial score (nSPS) is 53.0. The van der Waals surface area contributed by atoms with Gasteiger partial charge in [-0.15, -0.1) is 0 Å². The molecule has 20 aliphatic carbocycles. The van der Waals surface area contributed by atoms with Crippen LogP contribution < -0.4 is 37.7 Å². The van der Waals surface area contributed by atoms with Gasteiger partial charge in [0.25, 0.3) is 0 Å². The van der Waals surface area contributed by atoms with E-state index < -0.39 is 57.5 Å². The first-order valence-electron chi connectivity index (χ1n) is 36.6. The van der Waals surface area contributed by atoms with Crippen molar-refractivity contribution in [2.24, 2.45) is 107 Å². The van der Waals surface area contributed by atoms with Crippen LogP contribution in [-0.2, 0) is 72.4 Å². The van der Waals surface area contributed by atoms with Gasteiger partial charge < -0.3 is 48.8 Å². The minimum atomic E-state index is -0.627. The molecule has 19 heteroatoms. The molecule has 0 radical (unpaired) electrons. The van der Waals surface area contributed by atoms with Crippen LogP contribution in [-0.4, -0.2) is 86.1 Å². The van der Waals surface area contributed by atoms with Gasteiger partial charge in [0, 0.05) is 112 Å². The molecule has 24 rings (SSSR count). The summed E-state index contributed by atoms with van der Waals surface area (Å²) >= 11 is 0. The van der Waals surface area contributed by atoms with Gasteiger partial charge >= 0.3 is 43.7 Å². The summed E-state index contributed by atoms with van der Waals surface area (Å²) in [6.07, 6.45) is 37.6. The van der Waals surface area contributed by atoms with E-state index in [1.54, 1.807) is 0 Å². The molecule has 17 nitrogen and oxygen atoms in total. The van der Waals surface area contributed by atoms with Gasteiger partial charge in [0.05, 0.1) is 23.7 Å². The number of ether oxygens (including phenoxy) is 5. The molecule has 508 valence electrons. The Hall–Kier alpha value is -0.225. The molecule has 0 amide bonds. The summed E-state index contributed by atoms with van der Waals surface area (Å²) in [5.41, 5.74) is -1.18. The number of rotatable bonds is 3. The molecule has 20 saturated carbocycles. The maximum absolute atomic E-state index is 12.0. The fourth-order valence-corrected chi connectivity index (χ4v) is 24.6. The Kier molecular flexibility index (Phi) is 19.4. The first kappa shape index (κ1) is 70.2. The largest absolute Gasteiger partial charge is 1.00 e. The fourth-order valence-electron chi connectivity index (χ4n) is 24.6. The number of esters is 1. The third-order valence-corrected chi connectivity index (χ3v) is 28.6. The zero-order valence-electron chi connectivity index (χ0n) is 57.6. The number of carbonyl (C=O) groups excluding carboxylic acids is 2. The van der Waals surface area contributed by atoms with Crippen molar-refractivity contribution in [2.45, 2.75) is 316 Å². The number of aliphatic hydroxyl groups is 2. The van der Waals surface area contributed by atoms with Crippen LogP contribution in [0.25, 0.3) is 0 Å². The first-order valence-corrected chi connectivity index (χ1v) is 36.6. The molecule has 0 aromatic heterocycles. The number of carbonyl (C=O) groups is 2. The van der Waals surface area contributed by atoms with Crippen LogP contribution in [0.2, 0.25) is 0 Å². The average molecular weight is 1280 g/mol. The monoisotopic (exact) mass is 1270 g/mol. The van der Waals surface area contributed by atoms with Crippen molar-refractivity contribution in [3.63, 3.8) is 0 Å². The van der Waals surface area contributed by atoms with Crippen molar-refractivity contribution < 1.29 is 120 Å². The van der Waals surface area contributed by atoms with Crippen LogP contribution in [0.5, 0.6) is 0 Å². The van der Waals surface area contributed by atoms with Crippen molar-refractivity contribution in [1.29, 1.82) is 0 Å². The second-order valence-electron chi connectivity index (χ2n) is 34.8. The van der Waals surface area contributed by atoms with E-state index in [1.807, 2.05) is 27.7 Å². The maximum Gasteiger partial charge on any atom is 1.00 e. The molecule has 0 atom stereocenters. The Labute approximate surface area is 573 Å². The minimum absolute atomic E-state index is 0. The minimum Gasteiger partial charge on any atom is -0.466 e. The Balaban J connectivity index is 0.000000111. The molecule has 24 fully saturated rings. The predicted octanol–water partition coefficient (Wildman–Crippen LogP) is 8.35. The van der Waals surface area contributed by atoms with Crippen molar-refractivity contribution in [2.75, 3.05) is 6.61 Å². The summed E-state index contributed by atoms with van der Waals surface area (Å²) in [6.45, 7) is 8.05. The molecule has 4 aliphatic heterocycles. The van der Waals surface area contributed by atoms with E-state index in [-0.39, 0.29) is 64.5 Å². The quantitative estimate of drug-likeness (QED) is 0.118. The number of ketones is 1. The van der Waals surface area contributed by atoms with Crippen LogP contribution in [0, 0.1) is 121 Å². The smallest absolute Gasteiger partial charge is 0.466 e. The van der Waals surface area contributed by atoms with E-state index >= 15 is 0 Å². The molecule has 8 spiro atoms. The third kappa shape index (κ3) is 12.0. The zero-order valence-corrected chi connectivity index (χ0v) is 57.6. The standard InChI is InChI=1S/C19H28O5.C19H30O4.C17H26O4.C16H22O4.2CH3.2Li/c1-2-21-17(20)14-3-5-18(6-4-14)22-19(24-23-18)15-8-12-7-13(10-15)11-16(19)9-12;1-17(2,20)14-3-5-18(6-4-14)21-19(23-22-18)15-8-12-7-13(10-15)11-16(19)9-12;1-15(18)2-4-16(5-3-15)19-17(21-20-16)13-7-11-6-12(9-13)10-14(17)8-11;17-14-1-3-15(4-2-14)18-16(20-19-15)12-6-10-5-11(8-12)9-13(16)7-10;;;;/h12-16H,2-11H2,1H3;12-16,20H,3-11H2,1-2H3;11-14,18H,2-10H2,1H3;10-13H,1-9H2;2*1H3;;/q;;;;2*-1;2*+1. The van der Waals surface area contributed by atoms with Gasteiger partial charge in [-0.05, 0) is 248 Å². The first-order chi connectivity index (χ1) is 42.2. The molecule has 92 heavy (non-hydrogen) atoms. The second kappa shape index (κ2) is 25.4. The third-order valence-electron chi connectivity index (χ3n) is 28.6.